The lowest BCUT2D eigenvalue weighted by atomic mass is 10.0. The molecule has 1 aromatic carbocycles. The molecule has 0 saturated carbocycles. The number of allylic oxidation sites excluding steroid dienone is 1. The Kier molecular flexibility index (Phi) is 5.62. The normalized spacial score (nSPS) is 16.6. The Morgan fingerprint density at radius 3 is 2.89 bits per heavy atom. The topological polar surface area (TPSA) is 104 Å². The first kappa shape index (κ1) is 22.6. The number of carbonyl (C=O) groups excluding carboxylic acids is 1. The van der Waals surface area contributed by atoms with Crippen molar-refractivity contribution in [2.24, 2.45) is 4.99 Å². The second-order valence-electron chi connectivity index (χ2n) is 8.56. The lowest BCUT2D eigenvalue weighted by Gasteiger charge is -2.17. The second kappa shape index (κ2) is 8.96. The minimum absolute atomic E-state index is 0.0905. The summed E-state index contributed by atoms with van der Waals surface area (Å²) in [5.41, 5.74) is 6.06. The summed E-state index contributed by atoms with van der Waals surface area (Å²) in [4.78, 5) is 30.4. The fourth-order valence-corrected chi connectivity index (χ4v) is 5.84. The summed E-state index contributed by atoms with van der Waals surface area (Å²) in [7, 11) is 1.37. The molecule has 0 N–H and O–H groups in total. The molecule has 0 radical (unpaired) electrons. The summed E-state index contributed by atoms with van der Waals surface area (Å²) < 4.78 is 8.20. The largest absolute Gasteiger partial charge is 0.465 e. The van der Waals surface area contributed by atoms with Crippen LogP contribution in [0.1, 0.15) is 39.8 Å². The Labute approximate surface area is 214 Å². The number of fused-ring (bicyclic) bond motifs is 1. The predicted octanol–water partition coefficient (Wildman–Crippen LogP) is 4.37. The molecular formula is C25H19ClN6O3S. The Bertz CT molecular complexity index is 1620. The summed E-state index contributed by atoms with van der Waals surface area (Å²) in [5.74, 6) is -0.346. The smallest absolute Gasteiger partial charge is 0.348 e. The first-order chi connectivity index (χ1) is 17.5. The van der Waals surface area contributed by atoms with Crippen molar-refractivity contribution in [1.82, 2.24) is 24.8 Å². The highest BCUT2D eigenvalue weighted by Crippen LogP contribution is 2.36. The number of aryl methyl sites for hydroxylation is 1. The summed E-state index contributed by atoms with van der Waals surface area (Å²) >= 11 is 7.64. The predicted molar refractivity (Wildman–Crippen MR) is 137 cm³/mol. The maximum atomic E-state index is 13.4. The molecule has 0 unspecified atom stereocenters. The fourth-order valence-electron chi connectivity index (χ4n) is 4.82. The Morgan fingerprint density at radius 2 is 2.08 bits per heavy atom. The van der Waals surface area contributed by atoms with Crippen LogP contribution in [0.3, 0.4) is 0 Å². The SMILES string of the molecule is COC(=O)c1cc(C2=CN=C([C@@H]3CCc4cc(-c5cc(Cl)ccc5-n5cnnn5)cc(=O)n43)C2)cs1. The van der Waals surface area contributed by atoms with Gasteiger partial charge in [0.1, 0.15) is 11.2 Å². The molecule has 6 rings (SSSR count). The van der Waals surface area contributed by atoms with E-state index in [1.165, 1.54) is 24.8 Å². The van der Waals surface area contributed by atoms with E-state index in [2.05, 4.69) is 20.5 Å². The number of halogens is 1. The van der Waals surface area contributed by atoms with Crippen LogP contribution in [-0.4, -0.2) is 43.6 Å². The van der Waals surface area contributed by atoms with Gasteiger partial charge in [-0.15, -0.1) is 16.4 Å². The standard InChI is InChI=1S/C25H19ClN6O3S/c1-35-25(34)23-8-16(12-36-23)15-7-20(27-11-15)22-5-3-18-6-14(9-24(33)32(18)22)19-10-17(26)2-4-21(19)31-13-28-29-30-31/h2,4,6,8-13,22H,3,5,7H2,1H3/t22-/m0/s1. The van der Waals surface area contributed by atoms with Gasteiger partial charge in [0, 0.05) is 40.7 Å². The Hall–Kier alpha value is -3.89. The molecule has 3 aromatic heterocycles. The van der Waals surface area contributed by atoms with E-state index in [1.807, 2.05) is 40.4 Å². The highest BCUT2D eigenvalue weighted by molar-refractivity contribution is 7.12. The van der Waals surface area contributed by atoms with Crippen LogP contribution in [0, 0.1) is 0 Å². The number of aliphatic imine (C=N–C) groups is 1. The maximum absolute atomic E-state index is 13.4. The zero-order valence-electron chi connectivity index (χ0n) is 19.1. The first-order valence-corrected chi connectivity index (χ1v) is 12.5. The quantitative estimate of drug-likeness (QED) is 0.363. The number of rotatable bonds is 5. The Balaban J connectivity index is 1.29. The van der Waals surface area contributed by atoms with Crippen molar-refractivity contribution < 1.29 is 9.53 Å². The number of ether oxygens (including phenoxy) is 1. The van der Waals surface area contributed by atoms with Gasteiger partial charge in [-0.25, -0.2) is 4.79 Å². The second-order valence-corrected chi connectivity index (χ2v) is 9.90. The number of carbonyl (C=O) groups is 1. The number of hydrogen-bond acceptors (Lipinski definition) is 8. The van der Waals surface area contributed by atoms with E-state index in [9.17, 15) is 9.59 Å². The van der Waals surface area contributed by atoms with Gasteiger partial charge in [0.05, 0.1) is 18.8 Å². The number of pyridine rings is 1. The molecule has 9 nitrogen and oxygen atoms in total. The van der Waals surface area contributed by atoms with Gasteiger partial charge >= 0.3 is 5.97 Å². The molecule has 180 valence electrons. The lowest BCUT2D eigenvalue weighted by molar-refractivity contribution is 0.0606. The maximum Gasteiger partial charge on any atom is 0.348 e. The van der Waals surface area contributed by atoms with Gasteiger partial charge in [-0.1, -0.05) is 11.6 Å². The van der Waals surface area contributed by atoms with Crippen LogP contribution in [-0.2, 0) is 11.2 Å². The van der Waals surface area contributed by atoms with Gasteiger partial charge in [0.2, 0.25) is 0 Å². The highest BCUT2D eigenvalue weighted by Gasteiger charge is 2.30. The van der Waals surface area contributed by atoms with Gasteiger partial charge in [-0.2, -0.15) is 4.68 Å². The molecule has 1 atom stereocenters. The molecule has 0 fully saturated rings. The van der Waals surface area contributed by atoms with E-state index in [0.29, 0.717) is 16.3 Å². The van der Waals surface area contributed by atoms with E-state index >= 15 is 0 Å². The van der Waals surface area contributed by atoms with Crippen LogP contribution >= 0.6 is 22.9 Å². The van der Waals surface area contributed by atoms with E-state index in [-0.39, 0.29) is 17.6 Å². The number of nitrogens with zero attached hydrogens (tertiary/aromatic N) is 6. The molecule has 11 heteroatoms. The highest BCUT2D eigenvalue weighted by atomic mass is 35.5. The van der Waals surface area contributed by atoms with Crippen LogP contribution in [0.25, 0.3) is 22.4 Å². The average molecular weight is 519 g/mol. The summed E-state index contributed by atoms with van der Waals surface area (Å²) in [6.45, 7) is 0. The molecule has 0 saturated heterocycles. The van der Waals surface area contributed by atoms with Crippen molar-refractivity contribution >= 4 is 40.2 Å². The van der Waals surface area contributed by atoms with Gasteiger partial charge in [-0.05, 0) is 75.7 Å². The number of thiophene rings is 1. The minimum atomic E-state index is -0.346. The van der Waals surface area contributed by atoms with Crippen molar-refractivity contribution in [3.8, 4) is 16.8 Å². The van der Waals surface area contributed by atoms with E-state index in [4.69, 9.17) is 16.3 Å². The van der Waals surface area contributed by atoms with Crippen molar-refractivity contribution in [2.75, 3.05) is 7.11 Å². The number of aromatic nitrogens is 5. The molecule has 0 spiro atoms. The number of tetrazole rings is 1. The number of esters is 1. The zero-order valence-corrected chi connectivity index (χ0v) is 20.7. The third-order valence-electron chi connectivity index (χ3n) is 6.50. The molecule has 2 aliphatic heterocycles. The third-order valence-corrected chi connectivity index (χ3v) is 7.64. The van der Waals surface area contributed by atoms with E-state index in [0.717, 1.165) is 52.2 Å². The first-order valence-electron chi connectivity index (χ1n) is 11.2. The average Bonchev–Trinajstić information content (AvgIpc) is 3.68. The lowest BCUT2D eigenvalue weighted by Crippen LogP contribution is -2.27. The summed E-state index contributed by atoms with van der Waals surface area (Å²) in [6, 6.07) is 10.8. The van der Waals surface area contributed by atoms with Crippen molar-refractivity contribution in [1.29, 1.82) is 0 Å². The molecule has 0 aliphatic carbocycles. The Morgan fingerprint density at radius 1 is 1.19 bits per heavy atom. The van der Waals surface area contributed by atoms with Crippen LogP contribution in [0.5, 0.6) is 0 Å². The summed E-state index contributed by atoms with van der Waals surface area (Å²) in [5, 5.41) is 13.9. The molecular weight excluding hydrogens is 500 g/mol. The minimum Gasteiger partial charge on any atom is -0.465 e. The van der Waals surface area contributed by atoms with Crippen LogP contribution in [0.15, 0.2) is 64.1 Å². The third kappa shape index (κ3) is 3.88. The van der Waals surface area contributed by atoms with Gasteiger partial charge in [-0.3, -0.25) is 9.79 Å². The van der Waals surface area contributed by atoms with Crippen molar-refractivity contribution in [3.63, 3.8) is 0 Å². The molecule has 0 bridgehead atoms. The van der Waals surface area contributed by atoms with Crippen molar-refractivity contribution in [3.05, 3.63) is 85.8 Å². The van der Waals surface area contributed by atoms with Gasteiger partial charge < -0.3 is 9.30 Å². The summed E-state index contributed by atoms with van der Waals surface area (Å²) in [6.07, 6.45) is 5.53. The monoisotopic (exact) mass is 518 g/mol. The van der Waals surface area contributed by atoms with Gasteiger partial charge in [0.15, 0.2) is 0 Å². The van der Waals surface area contributed by atoms with E-state index in [1.54, 1.807) is 16.8 Å². The van der Waals surface area contributed by atoms with Crippen LogP contribution in [0.2, 0.25) is 5.02 Å². The van der Waals surface area contributed by atoms with E-state index < -0.39 is 0 Å². The number of benzene rings is 1. The van der Waals surface area contributed by atoms with Gasteiger partial charge in [0.25, 0.3) is 5.56 Å². The number of hydrogen-bond donors (Lipinski definition) is 0. The fraction of sp³-hybridized carbons (Fsp3) is 0.200. The van der Waals surface area contributed by atoms with Crippen LogP contribution in [0.4, 0.5) is 0 Å². The molecule has 2 aliphatic rings. The molecule has 4 aromatic rings. The van der Waals surface area contributed by atoms with Crippen LogP contribution < -0.4 is 5.56 Å². The molecule has 36 heavy (non-hydrogen) atoms. The van der Waals surface area contributed by atoms with Crippen molar-refractivity contribution in [2.45, 2.75) is 25.3 Å². The molecule has 0 amide bonds. The number of methoxy groups -OCH3 is 1. The zero-order chi connectivity index (χ0) is 24.8. The molecule has 5 heterocycles.